The Kier molecular flexibility index (Phi) is 5.65. The van der Waals surface area contributed by atoms with Crippen LogP contribution in [-0.2, 0) is 11.3 Å². The summed E-state index contributed by atoms with van der Waals surface area (Å²) in [7, 11) is 0. The zero-order valence-corrected chi connectivity index (χ0v) is 18.3. The Morgan fingerprint density at radius 3 is 2.80 bits per heavy atom. The van der Waals surface area contributed by atoms with E-state index < -0.39 is 0 Å². The van der Waals surface area contributed by atoms with Crippen LogP contribution in [0, 0.1) is 6.92 Å². The number of aromatic nitrogens is 1. The number of hydrogen-bond acceptors (Lipinski definition) is 4. The lowest BCUT2D eigenvalue weighted by Gasteiger charge is -2.47. The zero-order valence-electron chi connectivity index (χ0n) is 18.3. The first-order valence-electron chi connectivity index (χ1n) is 10.8. The molecule has 1 aromatic carbocycles. The minimum Gasteiger partial charge on any atom is -0.491 e. The number of hydrogen-bond donors (Lipinski definition) is 0. The lowest BCUT2D eigenvalue weighted by atomic mass is 9.83. The zero-order chi connectivity index (χ0) is 21.3. The molecule has 0 aliphatic carbocycles. The molecular formula is C25H31N3O2. The van der Waals surface area contributed by atoms with Gasteiger partial charge in [-0.15, -0.1) is 0 Å². The fourth-order valence-electron chi connectivity index (χ4n) is 4.64. The Morgan fingerprint density at radius 2 is 2.10 bits per heavy atom. The Hall–Kier alpha value is -2.66. The molecule has 0 radical (unpaired) electrons. The molecule has 3 heterocycles. The predicted molar refractivity (Wildman–Crippen MR) is 120 cm³/mol. The van der Waals surface area contributed by atoms with Gasteiger partial charge in [0.25, 0.3) is 5.91 Å². The van der Waals surface area contributed by atoms with Gasteiger partial charge in [-0.25, -0.2) is 4.98 Å². The Labute approximate surface area is 179 Å². The van der Waals surface area contributed by atoms with E-state index in [4.69, 9.17) is 4.74 Å². The van der Waals surface area contributed by atoms with E-state index in [2.05, 4.69) is 41.1 Å². The number of carbonyl (C=O) groups excluding carboxylic acids is 1. The van der Waals surface area contributed by atoms with E-state index in [1.165, 1.54) is 5.56 Å². The highest BCUT2D eigenvalue weighted by molar-refractivity contribution is 6.05. The van der Waals surface area contributed by atoms with Crippen LogP contribution in [0.5, 0.6) is 5.75 Å². The topological polar surface area (TPSA) is 45.7 Å². The number of amides is 1. The number of ether oxygens (including phenoxy) is 1. The van der Waals surface area contributed by atoms with Crippen molar-refractivity contribution in [2.24, 2.45) is 0 Å². The van der Waals surface area contributed by atoms with Crippen LogP contribution in [0.4, 0.5) is 5.82 Å². The van der Waals surface area contributed by atoms with Crippen molar-refractivity contribution in [2.45, 2.75) is 64.8 Å². The molecule has 5 nitrogen and oxygen atoms in total. The van der Waals surface area contributed by atoms with Crippen molar-refractivity contribution in [1.82, 2.24) is 9.88 Å². The maximum Gasteiger partial charge on any atom is 0.252 e. The first-order chi connectivity index (χ1) is 14.4. The molecular weight excluding hydrogens is 374 g/mol. The highest BCUT2D eigenvalue weighted by atomic mass is 16.5. The molecule has 2 aliphatic heterocycles. The Balaban J connectivity index is 1.49. The summed E-state index contributed by atoms with van der Waals surface area (Å²) in [6, 6.07) is 12.7. The second kappa shape index (κ2) is 8.23. The van der Waals surface area contributed by atoms with Crippen molar-refractivity contribution in [3.63, 3.8) is 0 Å². The van der Waals surface area contributed by atoms with E-state index in [9.17, 15) is 4.79 Å². The molecule has 1 spiro atoms. The summed E-state index contributed by atoms with van der Waals surface area (Å²) in [4.78, 5) is 21.6. The summed E-state index contributed by atoms with van der Waals surface area (Å²) >= 11 is 0. The Morgan fingerprint density at radius 1 is 1.27 bits per heavy atom. The number of nitrogens with zero attached hydrogens (tertiary/aromatic N) is 3. The van der Waals surface area contributed by atoms with Crippen LogP contribution >= 0.6 is 0 Å². The van der Waals surface area contributed by atoms with Gasteiger partial charge < -0.3 is 4.74 Å². The second-order valence-corrected chi connectivity index (χ2v) is 8.89. The average Bonchev–Trinajstić information content (AvgIpc) is 3.00. The number of rotatable bonds is 5. The van der Waals surface area contributed by atoms with Crippen LogP contribution in [0.2, 0.25) is 0 Å². The quantitative estimate of drug-likeness (QED) is 0.735. The summed E-state index contributed by atoms with van der Waals surface area (Å²) < 4.78 is 5.85. The van der Waals surface area contributed by atoms with Crippen LogP contribution < -0.4 is 9.64 Å². The molecule has 2 aromatic rings. The molecule has 0 unspecified atom stereocenters. The van der Waals surface area contributed by atoms with E-state index in [0.29, 0.717) is 6.04 Å². The van der Waals surface area contributed by atoms with Crippen molar-refractivity contribution in [2.75, 3.05) is 11.4 Å². The van der Waals surface area contributed by atoms with Gasteiger partial charge in [0.15, 0.2) is 0 Å². The number of benzene rings is 1. The molecule has 1 fully saturated rings. The van der Waals surface area contributed by atoms with Gasteiger partial charge in [-0.05, 0) is 69.9 Å². The minimum atomic E-state index is -0.280. The molecule has 1 aromatic heterocycles. The minimum absolute atomic E-state index is 0.0329. The van der Waals surface area contributed by atoms with E-state index in [1.54, 1.807) is 6.08 Å². The van der Waals surface area contributed by atoms with E-state index in [1.807, 2.05) is 50.1 Å². The van der Waals surface area contributed by atoms with E-state index >= 15 is 0 Å². The van der Waals surface area contributed by atoms with Crippen LogP contribution in [0.1, 0.15) is 44.7 Å². The maximum absolute atomic E-state index is 12.7. The molecule has 1 saturated heterocycles. The second-order valence-electron chi connectivity index (χ2n) is 8.89. The third kappa shape index (κ3) is 4.12. The largest absolute Gasteiger partial charge is 0.491 e. The van der Waals surface area contributed by atoms with Crippen LogP contribution in [0.15, 0.2) is 54.7 Å². The standard InChI is InChI=1S/C25H31N3O2/c1-18(2)30-22-7-5-6-21(14-22)17-27-13-12-25(15-20(27)4)11-10-24(29)28(25)23-9-8-19(3)16-26-23/h5-11,14,16,18,20H,12-13,15,17H2,1-4H3/t20-,25+/m0/s1. The van der Waals surface area contributed by atoms with Gasteiger partial charge in [0.2, 0.25) is 0 Å². The third-order valence-electron chi connectivity index (χ3n) is 6.09. The molecule has 2 atom stereocenters. The third-order valence-corrected chi connectivity index (χ3v) is 6.09. The number of piperidine rings is 1. The molecule has 158 valence electrons. The van der Waals surface area contributed by atoms with Gasteiger partial charge in [0, 0.05) is 31.4 Å². The van der Waals surface area contributed by atoms with Gasteiger partial charge in [0.1, 0.15) is 11.6 Å². The number of anilines is 1. The Bertz CT molecular complexity index is 938. The lowest BCUT2D eigenvalue weighted by Crippen LogP contribution is -2.56. The fourth-order valence-corrected chi connectivity index (χ4v) is 4.64. The normalized spacial score (nSPS) is 24.2. The predicted octanol–water partition coefficient (Wildman–Crippen LogP) is 4.50. The van der Waals surface area contributed by atoms with Crippen molar-refractivity contribution in [3.8, 4) is 5.75 Å². The maximum atomic E-state index is 12.7. The first-order valence-corrected chi connectivity index (χ1v) is 10.8. The van der Waals surface area contributed by atoms with Crippen molar-refractivity contribution >= 4 is 11.7 Å². The van der Waals surface area contributed by atoms with Gasteiger partial charge in [0.05, 0.1) is 11.6 Å². The van der Waals surface area contributed by atoms with Crippen molar-refractivity contribution in [3.05, 3.63) is 65.9 Å². The molecule has 5 heteroatoms. The van der Waals surface area contributed by atoms with E-state index in [0.717, 1.165) is 43.1 Å². The highest BCUT2D eigenvalue weighted by Crippen LogP contribution is 2.40. The fraction of sp³-hybridized carbons (Fsp3) is 0.440. The molecule has 0 saturated carbocycles. The number of likely N-dealkylation sites (tertiary alicyclic amines) is 1. The summed E-state index contributed by atoms with van der Waals surface area (Å²) in [5, 5.41) is 0. The average molecular weight is 406 g/mol. The highest BCUT2D eigenvalue weighted by Gasteiger charge is 2.46. The van der Waals surface area contributed by atoms with Crippen LogP contribution in [0.3, 0.4) is 0 Å². The summed E-state index contributed by atoms with van der Waals surface area (Å²) in [6.07, 6.45) is 7.62. The lowest BCUT2D eigenvalue weighted by molar-refractivity contribution is -0.114. The monoisotopic (exact) mass is 405 g/mol. The van der Waals surface area contributed by atoms with Gasteiger partial charge in [-0.2, -0.15) is 0 Å². The number of aryl methyl sites for hydroxylation is 1. The molecule has 0 bridgehead atoms. The van der Waals surface area contributed by atoms with E-state index in [-0.39, 0.29) is 17.6 Å². The number of pyridine rings is 1. The molecule has 4 rings (SSSR count). The SMILES string of the molecule is Cc1ccc(N2C(=O)C=C[C@]23CCN(Cc2cccc(OC(C)C)c2)[C@@H](C)C3)nc1. The summed E-state index contributed by atoms with van der Waals surface area (Å²) in [6.45, 7) is 10.2. The smallest absolute Gasteiger partial charge is 0.252 e. The first kappa shape index (κ1) is 20.6. The molecule has 2 aliphatic rings. The van der Waals surface area contributed by atoms with Crippen molar-refractivity contribution in [1.29, 1.82) is 0 Å². The summed E-state index contributed by atoms with van der Waals surface area (Å²) in [5.74, 6) is 1.70. The molecule has 1 amide bonds. The van der Waals surface area contributed by atoms with Gasteiger partial charge in [-0.3, -0.25) is 14.6 Å². The molecule has 0 N–H and O–H groups in total. The van der Waals surface area contributed by atoms with Crippen molar-refractivity contribution < 1.29 is 9.53 Å². The molecule has 30 heavy (non-hydrogen) atoms. The van der Waals surface area contributed by atoms with Gasteiger partial charge >= 0.3 is 0 Å². The number of carbonyl (C=O) groups is 1. The summed E-state index contributed by atoms with van der Waals surface area (Å²) in [5.41, 5.74) is 2.07. The van der Waals surface area contributed by atoms with Gasteiger partial charge in [-0.1, -0.05) is 24.3 Å². The van der Waals surface area contributed by atoms with Crippen LogP contribution in [-0.4, -0.2) is 40.0 Å². The van der Waals surface area contributed by atoms with Crippen LogP contribution in [0.25, 0.3) is 0 Å².